The highest BCUT2D eigenvalue weighted by molar-refractivity contribution is 5.29. The molecule has 0 saturated carbocycles. The largest absolute Gasteiger partial charge is 0.314 e. The zero-order chi connectivity index (χ0) is 8.39. The quantitative estimate of drug-likeness (QED) is 0.611. The maximum atomic E-state index is 3.49. The topological polar surface area (TPSA) is 12.0 Å². The smallest absolute Gasteiger partial charge is 0.00793 e. The summed E-state index contributed by atoms with van der Waals surface area (Å²) in [5.74, 6) is 0. The predicted molar refractivity (Wildman–Crippen MR) is 51.3 cm³/mol. The Morgan fingerprint density at radius 2 is 2.00 bits per heavy atom. The van der Waals surface area contributed by atoms with Crippen LogP contribution in [0.4, 0.5) is 0 Å². The molecule has 1 heterocycles. The minimum Gasteiger partial charge on any atom is -0.314 e. The van der Waals surface area contributed by atoms with Crippen LogP contribution in [0.25, 0.3) is 0 Å². The van der Waals surface area contributed by atoms with E-state index in [1.54, 1.807) is 0 Å². The van der Waals surface area contributed by atoms with Crippen LogP contribution in [0.1, 0.15) is 18.1 Å². The molecule has 1 aliphatic heterocycles. The first kappa shape index (κ1) is 7.81. The van der Waals surface area contributed by atoms with Gasteiger partial charge in [-0.15, -0.1) is 0 Å². The molecule has 0 aliphatic carbocycles. The third-order valence-corrected chi connectivity index (χ3v) is 2.53. The highest BCUT2D eigenvalue weighted by Gasteiger charge is 2.10. The molecule has 0 spiro atoms. The summed E-state index contributed by atoms with van der Waals surface area (Å²) >= 11 is 0. The highest BCUT2D eigenvalue weighted by Crippen LogP contribution is 2.14. The fraction of sp³-hybridized carbons (Fsp3) is 0.455. The molecule has 0 fully saturated rings. The standard InChI is InChI=1S/C11H15N/c1-9-8-11-5-3-2-4-10(11)6-7-12-9/h2-5,9,12H,6-8H2,1H3. The maximum Gasteiger partial charge on any atom is 0.00793 e. The van der Waals surface area contributed by atoms with E-state index >= 15 is 0 Å². The van der Waals surface area contributed by atoms with E-state index in [4.69, 9.17) is 0 Å². The summed E-state index contributed by atoms with van der Waals surface area (Å²) in [4.78, 5) is 0. The molecule has 0 amide bonds. The van der Waals surface area contributed by atoms with Gasteiger partial charge in [0.1, 0.15) is 0 Å². The molecule has 1 heteroatoms. The van der Waals surface area contributed by atoms with Crippen molar-refractivity contribution in [1.82, 2.24) is 5.32 Å². The third kappa shape index (κ3) is 1.51. The number of nitrogens with one attached hydrogen (secondary N) is 1. The van der Waals surface area contributed by atoms with Gasteiger partial charge in [-0.1, -0.05) is 24.3 Å². The molecule has 0 saturated heterocycles. The van der Waals surface area contributed by atoms with Gasteiger partial charge in [0.2, 0.25) is 0 Å². The Morgan fingerprint density at radius 1 is 1.25 bits per heavy atom. The molecule has 1 atom stereocenters. The average molecular weight is 161 g/mol. The number of benzene rings is 1. The normalized spacial score (nSPS) is 22.9. The summed E-state index contributed by atoms with van der Waals surface area (Å²) in [7, 11) is 0. The maximum absolute atomic E-state index is 3.49. The predicted octanol–water partition coefficient (Wildman–Crippen LogP) is 1.76. The molecule has 0 radical (unpaired) electrons. The minimum absolute atomic E-state index is 0.633. The number of hydrogen-bond acceptors (Lipinski definition) is 1. The Balaban J connectivity index is 2.31. The van der Waals surface area contributed by atoms with Gasteiger partial charge in [-0.05, 0) is 37.4 Å². The van der Waals surface area contributed by atoms with E-state index < -0.39 is 0 Å². The molecular formula is C11H15N. The van der Waals surface area contributed by atoms with Crippen LogP contribution in [0, 0.1) is 0 Å². The van der Waals surface area contributed by atoms with E-state index in [0.29, 0.717) is 6.04 Å². The second kappa shape index (κ2) is 3.28. The summed E-state index contributed by atoms with van der Waals surface area (Å²) in [6, 6.07) is 9.40. The van der Waals surface area contributed by atoms with Crippen molar-refractivity contribution >= 4 is 0 Å². The second-order valence-corrected chi connectivity index (χ2v) is 3.58. The molecule has 1 N–H and O–H groups in total. The number of hydrogen-bond donors (Lipinski definition) is 1. The first-order valence-corrected chi connectivity index (χ1v) is 4.66. The van der Waals surface area contributed by atoms with E-state index in [2.05, 4.69) is 36.5 Å². The summed E-state index contributed by atoms with van der Waals surface area (Å²) < 4.78 is 0. The third-order valence-electron chi connectivity index (χ3n) is 2.53. The Morgan fingerprint density at radius 3 is 2.83 bits per heavy atom. The van der Waals surface area contributed by atoms with Crippen molar-refractivity contribution < 1.29 is 0 Å². The lowest BCUT2D eigenvalue weighted by Crippen LogP contribution is -2.27. The zero-order valence-corrected chi connectivity index (χ0v) is 7.51. The van der Waals surface area contributed by atoms with Crippen LogP contribution in [0.2, 0.25) is 0 Å². The van der Waals surface area contributed by atoms with Gasteiger partial charge in [-0.3, -0.25) is 0 Å². The first-order chi connectivity index (χ1) is 5.86. The monoisotopic (exact) mass is 161 g/mol. The number of fused-ring (bicyclic) bond motifs is 1. The molecule has 1 aliphatic rings. The Kier molecular flexibility index (Phi) is 2.13. The van der Waals surface area contributed by atoms with Gasteiger partial charge in [-0.25, -0.2) is 0 Å². The molecule has 12 heavy (non-hydrogen) atoms. The fourth-order valence-corrected chi connectivity index (χ4v) is 1.86. The fourth-order valence-electron chi connectivity index (χ4n) is 1.86. The van der Waals surface area contributed by atoms with E-state index in [-0.39, 0.29) is 0 Å². The van der Waals surface area contributed by atoms with E-state index in [1.165, 1.54) is 24.0 Å². The molecule has 2 rings (SSSR count). The van der Waals surface area contributed by atoms with Gasteiger partial charge >= 0.3 is 0 Å². The molecule has 64 valence electrons. The Hall–Kier alpha value is -0.820. The average Bonchev–Trinajstić information content (AvgIpc) is 2.25. The van der Waals surface area contributed by atoms with E-state index in [1.807, 2.05) is 0 Å². The summed E-state index contributed by atoms with van der Waals surface area (Å²) in [6.07, 6.45) is 2.36. The van der Waals surface area contributed by atoms with Gasteiger partial charge in [-0.2, -0.15) is 0 Å². The van der Waals surface area contributed by atoms with Crippen LogP contribution in [0.5, 0.6) is 0 Å². The summed E-state index contributed by atoms with van der Waals surface area (Å²) in [5.41, 5.74) is 3.05. The lowest BCUT2D eigenvalue weighted by atomic mass is 10.0. The SMILES string of the molecule is CC1Cc2ccccc2CCN1. The Labute approximate surface area is 73.8 Å². The van der Waals surface area contributed by atoms with Crippen LogP contribution in [-0.2, 0) is 12.8 Å². The van der Waals surface area contributed by atoms with E-state index in [9.17, 15) is 0 Å². The molecule has 1 unspecified atom stereocenters. The molecule has 0 bridgehead atoms. The van der Waals surface area contributed by atoms with Crippen molar-refractivity contribution in [3.8, 4) is 0 Å². The first-order valence-electron chi connectivity index (χ1n) is 4.66. The highest BCUT2D eigenvalue weighted by atomic mass is 14.9. The van der Waals surface area contributed by atoms with Gasteiger partial charge < -0.3 is 5.32 Å². The van der Waals surface area contributed by atoms with Crippen LogP contribution >= 0.6 is 0 Å². The van der Waals surface area contributed by atoms with Crippen molar-refractivity contribution in [2.75, 3.05) is 6.54 Å². The van der Waals surface area contributed by atoms with Gasteiger partial charge in [0, 0.05) is 6.04 Å². The molecule has 0 aromatic heterocycles. The molecule has 1 aromatic carbocycles. The van der Waals surface area contributed by atoms with Crippen LogP contribution in [-0.4, -0.2) is 12.6 Å². The minimum atomic E-state index is 0.633. The Bertz CT molecular complexity index is 267. The van der Waals surface area contributed by atoms with Crippen molar-refractivity contribution in [2.24, 2.45) is 0 Å². The van der Waals surface area contributed by atoms with Gasteiger partial charge in [0.25, 0.3) is 0 Å². The lowest BCUT2D eigenvalue weighted by molar-refractivity contribution is 0.568. The summed E-state index contributed by atoms with van der Waals surface area (Å²) in [6.45, 7) is 3.38. The summed E-state index contributed by atoms with van der Waals surface area (Å²) in [5, 5.41) is 3.49. The van der Waals surface area contributed by atoms with Crippen molar-refractivity contribution in [2.45, 2.75) is 25.8 Å². The molecule has 1 aromatic rings. The molecular weight excluding hydrogens is 146 g/mol. The van der Waals surface area contributed by atoms with Crippen molar-refractivity contribution in [3.05, 3.63) is 35.4 Å². The molecule has 1 nitrogen and oxygen atoms in total. The van der Waals surface area contributed by atoms with Crippen molar-refractivity contribution in [3.63, 3.8) is 0 Å². The van der Waals surface area contributed by atoms with Gasteiger partial charge in [0.05, 0.1) is 0 Å². The van der Waals surface area contributed by atoms with Crippen LogP contribution in [0.15, 0.2) is 24.3 Å². The zero-order valence-electron chi connectivity index (χ0n) is 7.51. The number of rotatable bonds is 0. The van der Waals surface area contributed by atoms with Crippen molar-refractivity contribution in [1.29, 1.82) is 0 Å². The second-order valence-electron chi connectivity index (χ2n) is 3.58. The van der Waals surface area contributed by atoms with E-state index in [0.717, 1.165) is 6.54 Å². The van der Waals surface area contributed by atoms with Crippen LogP contribution in [0.3, 0.4) is 0 Å². The lowest BCUT2D eigenvalue weighted by Gasteiger charge is -2.08. The van der Waals surface area contributed by atoms with Gasteiger partial charge in [0.15, 0.2) is 0 Å². The van der Waals surface area contributed by atoms with Crippen LogP contribution < -0.4 is 5.32 Å².